The van der Waals surface area contributed by atoms with E-state index in [0.717, 1.165) is 10.2 Å². The van der Waals surface area contributed by atoms with E-state index in [4.69, 9.17) is 5.73 Å². The van der Waals surface area contributed by atoms with Gasteiger partial charge in [0.05, 0.1) is 0 Å². The normalized spacial score (nSPS) is 20.8. The van der Waals surface area contributed by atoms with Crippen LogP contribution in [0.4, 0.5) is 5.69 Å². The first-order valence-corrected chi connectivity index (χ1v) is 5.28. The van der Waals surface area contributed by atoms with Crippen LogP contribution >= 0.6 is 15.9 Å². The standard InChI is InChI=1S/C11H12BrN/c12-9-5-6-11(13)10(7-9)8-3-1-2-4-8/h1,3,5-8H,2,4,13H2/t8-/m1/s1. The molecule has 2 rings (SSSR count). The number of hydrogen-bond acceptors (Lipinski definition) is 1. The molecule has 68 valence electrons. The Balaban J connectivity index is 2.37. The van der Waals surface area contributed by atoms with Gasteiger partial charge in [-0.2, -0.15) is 0 Å². The van der Waals surface area contributed by atoms with Crippen LogP contribution in [0.1, 0.15) is 24.3 Å². The fourth-order valence-corrected chi connectivity index (χ4v) is 2.14. The van der Waals surface area contributed by atoms with Crippen molar-refractivity contribution in [2.75, 3.05) is 5.73 Å². The average molecular weight is 238 g/mol. The Morgan fingerprint density at radius 3 is 2.92 bits per heavy atom. The molecule has 2 heteroatoms. The highest BCUT2D eigenvalue weighted by molar-refractivity contribution is 9.10. The number of anilines is 1. The Morgan fingerprint density at radius 2 is 2.23 bits per heavy atom. The summed E-state index contributed by atoms with van der Waals surface area (Å²) in [5, 5.41) is 0. The van der Waals surface area contributed by atoms with Gasteiger partial charge in [0.1, 0.15) is 0 Å². The smallest absolute Gasteiger partial charge is 0.0353 e. The van der Waals surface area contributed by atoms with Gasteiger partial charge in [0, 0.05) is 16.1 Å². The molecule has 1 aromatic carbocycles. The Bertz CT molecular complexity index is 344. The second kappa shape index (κ2) is 3.54. The second-order valence-corrected chi connectivity index (χ2v) is 4.30. The maximum atomic E-state index is 5.91. The number of benzene rings is 1. The van der Waals surface area contributed by atoms with Crippen molar-refractivity contribution in [2.45, 2.75) is 18.8 Å². The second-order valence-electron chi connectivity index (χ2n) is 3.39. The van der Waals surface area contributed by atoms with Crippen LogP contribution in [0.2, 0.25) is 0 Å². The van der Waals surface area contributed by atoms with Gasteiger partial charge in [-0.3, -0.25) is 0 Å². The number of halogens is 1. The minimum absolute atomic E-state index is 0.525. The summed E-state index contributed by atoms with van der Waals surface area (Å²) in [4.78, 5) is 0. The van der Waals surface area contributed by atoms with Crippen molar-refractivity contribution in [3.63, 3.8) is 0 Å². The molecule has 0 heterocycles. The van der Waals surface area contributed by atoms with Crippen LogP contribution in [0, 0.1) is 0 Å². The van der Waals surface area contributed by atoms with Gasteiger partial charge in [0.25, 0.3) is 0 Å². The molecule has 1 aromatic rings. The van der Waals surface area contributed by atoms with E-state index in [-0.39, 0.29) is 0 Å². The van der Waals surface area contributed by atoms with Gasteiger partial charge in [-0.05, 0) is 36.6 Å². The van der Waals surface area contributed by atoms with E-state index >= 15 is 0 Å². The largest absolute Gasteiger partial charge is 0.398 e. The zero-order valence-electron chi connectivity index (χ0n) is 7.33. The Hall–Kier alpha value is -0.760. The number of allylic oxidation sites excluding steroid dienone is 2. The monoisotopic (exact) mass is 237 g/mol. The zero-order chi connectivity index (χ0) is 9.26. The third-order valence-corrected chi connectivity index (χ3v) is 2.95. The summed E-state index contributed by atoms with van der Waals surface area (Å²) in [6, 6.07) is 6.07. The fraction of sp³-hybridized carbons (Fsp3) is 0.273. The van der Waals surface area contributed by atoms with Gasteiger partial charge >= 0.3 is 0 Å². The molecule has 0 fully saturated rings. The van der Waals surface area contributed by atoms with E-state index in [1.807, 2.05) is 12.1 Å². The third kappa shape index (κ3) is 1.78. The van der Waals surface area contributed by atoms with Crippen molar-refractivity contribution in [3.05, 3.63) is 40.4 Å². The van der Waals surface area contributed by atoms with Crippen molar-refractivity contribution < 1.29 is 0 Å². The Morgan fingerprint density at radius 1 is 1.38 bits per heavy atom. The first-order chi connectivity index (χ1) is 6.27. The van der Waals surface area contributed by atoms with Crippen molar-refractivity contribution in [1.29, 1.82) is 0 Å². The lowest BCUT2D eigenvalue weighted by atomic mass is 9.97. The summed E-state index contributed by atoms with van der Waals surface area (Å²) in [6.07, 6.45) is 6.85. The molecule has 0 radical (unpaired) electrons. The summed E-state index contributed by atoms with van der Waals surface area (Å²) >= 11 is 3.46. The average Bonchev–Trinajstić information content (AvgIpc) is 2.61. The summed E-state index contributed by atoms with van der Waals surface area (Å²) < 4.78 is 1.11. The van der Waals surface area contributed by atoms with Crippen LogP contribution in [-0.2, 0) is 0 Å². The maximum absolute atomic E-state index is 5.91. The molecular formula is C11H12BrN. The van der Waals surface area contributed by atoms with E-state index in [1.54, 1.807) is 0 Å². The zero-order valence-corrected chi connectivity index (χ0v) is 8.92. The number of hydrogen-bond donors (Lipinski definition) is 1. The third-order valence-electron chi connectivity index (χ3n) is 2.46. The van der Waals surface area contributed by atoms with Gasteiger partial charge < -0.3 is 5.73 Å². The molecule has 0 spiro atoms. The lowest BCUT2D eigenvalue weighted by Crippen LogP contribution is -1.97. The molecule has 0 unspecified atom stereocenters. The van der Waals surface area contributed by atoms with Gasteiger partial charge in [0.2, 0.25) is 0 Å². The highest BCUT2D eigenvalue weighted by Crippen LogP contribution is 2.33. The van der Waals surface area contributed by atoms with Crippen LogP contribution in [-0.4, -0.2) is 0 Å². The van der Waals surface area contributed by atoms with Crippen molar-refractivity contribution >= 4 is 21.6 Å². The molecule has 0 bridgehead atoms. The molecule has 1 nitrogen and oxygen atoms in total. The molecule has 13 heavy (non-hydrogen) atoms. The van der Waals surface area contributed by atoms with Gasteiger partial charge in [-0.15, -0.1) is 0 Å². The SMILES string of the molecule is Nc1ccc(Br)cc1[C@@H]1C=CCC1. The molecule has 0 aliphatic heterocycles. The van der Waals surface area contributed by atoms with E-state index in [1.165, 1.54) is 18.4 Å². The molecular weight excluding hydrogens is 226 g/mol. The molecule has 2 N–H and O–H groups in total. The predicted molar refractivity (Wildman–Crippen MR) is 59.7 cm³/mol. The Labute approximate surface area is 86.8 Å². The summed E-state index contributed by atoms with van der Waals surface area (Å²) in [6.45, 7) is 0. The topological polar surface area (TPSA) is 26.0 Å². The minimum atomic E-state index is 0.525. The van der Waals surface area contributed by atoms with Crippen LogP contribution in [0.15, 0.2) is 34.8 Å². The lowest BCUT2D eigenvalue weighted by Gasteiger charge is -2.11. The number of nitrogen functional groups attached to an aromatic ring is 1. The highest BCUT2D eigenvalue weighted by atomic mass is 79.9. The first-order valence-electron chi connectivity index (χ1n) is 4.49. The predicted octanol–water partition coefficient (Wildman–Crippen LogP) is 3.46. The minimum Gasteiger partial charge on any atom is -0.398 e. The first kappa shape index (κ1) is 8.82. The molecule has 0 aromatic heterocycles. The van der Waals surface area contributed by atoms with Gasteiger partial charge in [0.15, 0.2) is 0 Å². The number of nitrogens with two attached hydrogens (primary N) is 1. The molecule has 1 atom stereocenters. The van der Waals surface area contributed by atoms with Crippen molar-refractivity contribution in [2.24, 2.45) is 0 Å². The van der Waals surface area contributed by atoms with E-state index in [0.29, 0.717) is 5.92 Å². The lowest BCUT2D eigenvalue weighted by molar-refractivity contribution is 0.802. The fourth-order valence-electron chi connectivity index (χ4n) is 1.76. The highest BCUT2D eigenvalue weighted by Gasteiger charge is 2.14. The summed E-state index contributed by atoms with van der Waals surface area (Å²) in [5.41, 5.74) is 8.07. The Kier molecular flexibility index (Phi) is 2.40. The van der Waals surface area contributed by atoms with Crippen molar-refractivity contribution in [3.8, 4) is 0 Å². The van der Waals surface area contributed by atoms with Crippen LogP contribution < -0.4 is 5.73 Å². The number of rotatable bonds is 1. The van der Waals surface area contributed by atoms with E-state index in [9.17, 15) is 0 Å². The molecule has 0 amide bonds. The van der Waals surface area contributed by atoms with Gasteiger partial charge in [-0.25, -0.2) is 0 Å². The summed E-state index contributed by atoms with van der Waals surface area (Å²) in [5.74, 6) is 0.525. The van der Waals surface area contributed by atoms with Gasteiger partial charge in [-0.1, -0.05) is 28.1 Å². The molecule has 0 saturated heterocycles. The quantitative estimate of drug-likeness (QED) is 0.588. The van der Waals surface area contributed by atoms with Crippen LogP contribution in [0.5, 0.6) is 0 Å². The molecule has 1 aliphatic rings. The van der Waals surface area contributed by atoms with Crippen LogP contribution in [0.3, 0.4) is 0 Å². The molecule has 0 saturated carbocycles. The maximum Gasteiger partial charge on any atom is 0.0353 e. The summed E-state index contributed by atoms with van der Waals surface area (Å²) in [7, 11) is 0. The van der Waals surface area contributed by atoms with E-state index in [2.05, 4.69) is 34.1 Å². The van der Waals surface area contributed by atoms with Crippen LogP contribution in [0.25, 0.3) is 0 Å². The van der Waals surface area contributed by atoms with Crippen molar-refractivity contribution in [1.82, 2.24) is 0 Å². The van der Waals surface area contributed by atoms with E-state index < -0.39 is 0 Å². The molecule has 1 aliphatic carbocycles.